The zero-order valence-corrected chi connectivity index (χ0v) is 12.2. The van der Waals surface area contributed by atoms with Crippen LogP contribution in [0.25, 0.3) is 0 Å². The lowest BCUT2D eigenvalue weighted by atomic mass is 10.2. The molecule has 0 aliphatic heterocycles. The van der Waals surface area contributed by atoms with Crippen LogP contribution in [-0.4, -0.2) is 28.9 Å². The maximum atomic E-state index is 12.3. The predicted octanol–water partition coefficient (Wildman–Crippen LogP) is 2.21. The third-order valence-electron chi connectivity index (χ3n) is 2.87. The fourth-order valence-electron chi connectivity index (χ4n) is 1.93. The molecule has 0 saturated carbocycles. The van der Waals surface area contributed by atoms with Crippen LogP contribution < -0.4 is 5.32 Å². The summed E-state index contributed by atoms with van der Waals surface area (Å²) in [6.07, 6.45) is 0. The van der Waals surface area contributed by atoms with Gasteiger partial charge in [0.2, 0.25) is 5.91 Å². The van der Waals surface area contributed by atoms with Crippen LogP contribution in [0.3, 0.4) is 0 Å². The molecule has 6 nitrogen and oxygen atoms in total. The first-order valence-corrected chi connectivity index (χ1v) is 6.51. The maximum absolute atomic E-state index is 12.3. The molecule has 0 aliphatic rings. The Morgan fingerprint density at radius 2 is 1.95 bits per heavy atom. The van der Waals surface area contributed by atoms with E-state index in [9.17, 15) is 9.59 Å². The lowest BCUT2D eigenvalue weighted by Gasteiger charge is -2.15. The fourth-order valence-corrected chi connectivity index (χ4v) is 1.93. The van der Waals surface area contributed by atoms with Crippen molar-refractivity contribution >= 4 is 17.5 Å². The van der Waals surface area contributed by atoms with Crippen molar-refractivity contribution in [2.24, 2.45) is 0 Å². The van der Waals surface area contributed by atoms with Crippen molar-refractivity contribution in [2.75, 3.05) is 12.4 Å². The highest BCUT2D eigenvalue weighted by atomic mass is 16.5. The molecule has 0 saturated heterocycles. The van der Waals surface area contributed by atoms with Crippen LogP contribution in [-0.2, 0) is 11.3 Å². The molecule has 0 aliphatic carbocycles. The highest BCUT2D eigenvalue weighted by Crippen LogP contribution is 2.13. The first-order valence-electron chi connectivity index (χ1n) is 6.51. The van der Waals surface area contributed by atoms with Crippen molar-refractivity contribution in [1.82, 2.24) is 10.1 Å². The quantitative estimate of drug-likeness (QED) is 0.935. The van der Waals surface area contributed by atoms with Gasteiger partial charge < -0.3 is 14.7 Å². The number of nitrogens with one attached hydrogen (secondary N) is 1. The lowest BCUT2D eigenvalue weighted by molar-refractivity contribution is -0.114. The fraction of sp³-hybridized carbons (Fsp3) is 0.267. The van der Waals surface area contributed by atoms with Crippen LogP contribution in [0.15, 0.2) is 34.9 Å². The molecule has 0 bridgehead atoms. The van der Waals surface area contributed by atoms with E-state index in [0.717, 1.165) is 0 Å². The maximum Gasteiger partial charge on any atom is 0.253 e. The molecule has 1 aromatic heterocycles. The molecule has 0 unspecified atom stereocenters. The Bertz CT molecular complexity index is 646. The first-order chi connectivity index (χ1) is 9.95. The van der Waals surface area contributed by atoms with Gasteiger partial charge in [-0.15, -0.1) is 0 Å². The summed E-state index contributed by atoms with van der Waals surface area (Å²) in [7, 11) is 1.70. The average Bonchev–Trinajstić information content (AvgIpc) is 2.83. The van der Waals surface area contributed by atoms with E-state index >= 15 is 0 Å². The Kier molecular flexibility index (Phi) is 4.37. The van der Waals surface area contributed by atoms with Crippen molar-refractivity contribution < 1.29 is 14.1 Å². The Hall–Kier alpha value is -2.63. The second kappa shape index (κ2) is 6.21. The molecular weight excluding hydrogens is 270 g/mol. The van der Waals surface area contributed by atoms with Gasteiger partial charge in [0.25, 0.3) is 5.91 Å². The molecule has 0 fully saturated rings. The minimum Gasteiger partial charge on any atom is -0.361 e. The Labute approximate surface area is 122 Å². The van der Waals surface area contributed by atoms with Crippen molar-refractivity contribution in [2.45, 2.75) is 20.4 Å². The molecule has 21 heavy (non-hydrogen) atoms. The topological polar surface area (TPSA) is 75.4 Å². The van der Waals surface area contributed by atoms with Crippen LogP contribution >= 0.6 is 0 Å². The molecule has 2 amide bonds. The number of benzene rings is 1. The Morgan fingerprint density at radius 1 is 1.29 bits per heavy atom. The zero-order chi connectivity index (χ0) is 15.4. The van der Waals surface area contributed by atoms with Gasteiger partial charge >= 0.3 is 0 Å². The van der Waals surface area contributed by atoms with Crippen molar-refractivity contribution in [3.63, 3.8) is 0 Å². The second-order valence-corrected chi connectivity index (χ2v) is 4.85. The van der Waals surface area contributed by atoms with E-state index in [1.165, 1.54) is 6.92 Å². The van der Waals surface area contributed by atoms with Gasteiger partial charge in [0.05, 0.1) is 6.54 Å². The molecule has 1 aromatic carbocycles. The van der Waals surface area contributed by atoms with Gasteiger partial charge in [0, 0.05) is 31.3 Å². The average molecular weight is 287 g/mol. The third-order valence-corrected chi connectivity index (χ3v) is 2.87. The molecule has 0 atom stereocenters. The number of hydrogen-bond acceptors (Lipinski definition) is 4. The number of rotatable bonds is 4. The van der Waals surface area contributed by atoms with E-state index in [1.54, 1.807) is 49.2 Å². The van der Waals surface area contributed by atoms with Crippen LogP contribution in [0.1, 0.15) is 28.7 Å². The molecule has 2 aromatic rings. The zero-order valence-electron chi connectivity index (χ0n) is 12.2. The number of carbonyl (C=O) groups is 2. The molecule has 6 heteroatoms. The van der Waals surface area contributed by atoms with Crippen molar-refractivity contribution in [1.29, 1.82) is 0 Å². The van der Waals surface area contributed by atoms with Crippen LogP contribution in [0.2, 0.25) is 0 Å². The summed E-state index contributed by atoms with van der Waals surface area (Å²) in [6.45, 7) is 3.62. The van der Waals surface area contributed by atoms with Gasteiger partial charge in [-0.3, -0.25) is 9.59 Å². The summed E-state index contributed by atoms with van der Waals surface area (Å²) in [4.78, 5) is 24.8. The number of hydrogen-bond donors (Lipinski definition) is 1. The van der Waals surface area contributed by atoms with Gasteiger partial charge in [-0.05, 0) is 31.2 Å². The van der Waals surface area contributed by atoms with E-state index in [2.05, 4.69) is 10.5 Å². The highest BCUT2D eigenvalue weighted by molar-refractivity contribution is 5.95. The second-order valence-electron chi connectivity index (χ2n) is 4.85. The molecule has 1 heterocycles. The Balaban J connectivity index is 2.03. The number of aromatic nitrogens is 1. The molecule has 0 radical (unpaired) electrons. The minimum atomic E-state index is -0.146. The predicted molar refractivity (Wildman–Crippen MR) is 77.8 cm³/mol. The largest absolute Gasteiger partial charge is 0.361 e. The monoisotopic (exact) mass is 287 g/mol. The summed E-state index contributed by atoms with van der Waals surface area (Å²) in [5.74, 6) is 0.447. The lowest BCUT2D eigenvalue weighted by Crippen LogP contribution is -2.26. The summed E-state index contributed by atoms with van der Waals surface area (Å²) < 4.78 is 4.98. The third kappa shape index (κ3) is 3.92. The number of carbonyl (C=O) groups excluding carboxylic acids is 2. The van der Waals surface area contributed by atoms with Gasteiger partial charge in [0.1, 0.15) is 11.5 Å². The molecule has 1 N–H and O–H groups in total. The van der Waals surface area contributed by atoms with Gasteiger partial charge in [-0.1, -0.05) is 5.16 Å². The number of aryl methyl sites for hydroxylation is 1. The minimum absolute atomic E-state index is 0.120. The Morgan fingerprint density at radius 3 is 2.48 bits per heavy atom. The number of amides is 2. The van der Waals surface area contributed by atoms with Gasteiger partial charge in [-0.25, -0.2) is 0 Å². The number of nitrogens with zero attached hydrogens (tertiary/aromatic N) is 2. The van der Waals surface area contributed by atoms with Crippen molar-refractivity contribution in [3.05, 3.63) is 47.3 Å². The number of anilines is 1. The summed E-state index contributed by atoms with van der Waals surface area (Å²) in [6, 6.07) is 8.55. The van der Waals surface area contributed by atoms with E-state index in [-0.39, 0.29) is 11.8 Å². The summed E-state index contributed by atoms with van der Waals surface area (Å²) in [5, 5.41) is 6.52. The van der Waals surface area contributed by atoms with E-state index in [4.69, 9.17) is 4.52 Å². The molecular formula is C15H17N3O3. The van der Waals surface area contributed by atoms with E-state index < -0.39 is 0 Å². The van der Waals surface area contributed by atoms with Gasteiger partial charge in [-0.2, -0.15) is 0 Å². The standard InChI is InChI=1S/C15H17N3O3/c1-10-8-14(17-21-10)9-18(3)15(20)12-4-6-13(7-5-12)16-11(2)19/h4-8H,9H2,1-3H3,(H,16,19). The van der Waals surface area contributed by atoms with Crippen molar-refractivity contribution in [3.8, 4) is 0 Å². The van der Waals surface area contributed by atoms with Gasteiger partial charge in [0.15, 0.2) is 0 Å². The summed E-state index contributed by atoms with van der Waals surface area (Å²) >= 11 is 0. The van der Waals surface area contributed by atoms with E-state index in [0.29, 0.717) is 29.2 Å². The van der Waals surface area contributed by atoms with Crippen LogP contribution in [0, 0.1) is 6.92 Å². The smallest absolute Gasteiger partial charge is 0.253 e. The van der Waals surface area contributed by atoms with Crippen LogP contribution in [0.5, 0.6) is 0 Å². The first kappa shape index (κ1) is 14.8. The SMILES string of the molecule is CC(=O)Nc1ccc(C(=O)N(C)Cc2cc(C)on2)cc1. The molecule has 2 rings (SSSR count). The molecule has 0 spiro atoms. The molecule has 110 valence electrons. The normalized spacial score (nSPS) is 10.2. The summed E-state index contributed by atoms with van der Waals surface area (Å²) in [5.41, 5.74) is 1.92. The van der Waals surface area contributed by atoms with Crippen LogP contribution in [0.4, 0.5) is 5.69 Å². The van der Waals surface area contributed by atoms with E-state index in [1.807, 2.05) is 0 Å². The highest BCUT2D eigenvalue weighted by Gasteiger charge is 2.13.